The molecular weight excluding hydrogens is 471 g/mol. The molecule has 0 radical (unpaired) electrons. The Balaban J connectivity index is 1.77. The van der Waals surface area contributed by atoms with Gasteiger partial charge in [-0.3, -0.25) is 0 Å². The van der Waals surface area contributed by atoms with Gasteiger partial charge in [-0.15, -0.1) is 10.2 Å². The minimum absolute atomic E-state index is 0.0952. The number of hydrogen-bond donors (Lipinski definition) is 3. The maximum absolute atomic E-state index is 14.1. The first-order chi connectivity index (χ1) is 18.1. The van der Waals surface area contributed by atoms with Gasteiger partial charge in [0.2, 0.25) is 5.82 Å². The van der Waals surface area contributed by atoms with E-state index in [1.165, 1.54) is 12.1 Å². The Morgan fingerprint density at radius 1 is 0.946 bits per heavy atom. The summed E-state index contributed by atoms with van der Waals surface area (Å²) in [5.74, 6) is 0.590. The maximum atomic E-state index is 14.1. The summed E-state index contributed by atoms with van der Waals surface area (Å²) < 4.78 is 20.3. The largest absolute Gasteiger partial charge is 0.491 e. The number of anilines is 2. The number of aromatic amines is 1. The Bertz CT molecular complexity index is 1330. The predicted octanol–water partition coefficient (Wildman–Crippen LogP) is 6.84. The molecule has 1 aromatic heterocycles. The molecule has 4 aromatic rings. The van der Waals surface area contributed by atoms with Crippen LogP contribution in [-0.4, -0.2) is 33.3 Å². The van der Waals surface area contributed by atoms with E-state index in [1.54, 1.807) is 12.1 Å². The fourth-order valence-electron chi connectivity index (χ4n) is 4.11. The van der Waals surface area contributed by atoms with E-state index in [0.29, 0.717) is 23.9 Å². The average molecular weight is 503 g/mol. The number of H-pyrrole nitrogens is 1. The van der Waals surface area contributed by atoms with Crippen molar-refractivity contribution in [3.8, 4) is 28.3 Å². The summed E-state index contributed by atoms with van der Waals surface area (Å²) in [5, 5.41) is 20.0. The zero-order chi connectivity index (χ0) is 26.0. The van der Waals surface area contributed by atoms with Gasteiger partial charge in [0.15, 0.2) is 0 Å². The molecule has 0 saturated carbocycles. The van der Waals surface area contributed by atoms with E-state index in [-0.39, 0.29) is 5.69 Å². The summed E-state index contributed by atoms with van der Waals surface area (Å²) in [6.45, 7) is 4.69. The predicted molar refractivity (Wildman–Crippen MR) is 143 cm³/mol. The first-order valence-electron chi connectivity index (χ1n) is 12.6. The lowest BCUT2D eigenvalue weighted by molar-refractivity contribution is 0.261. The fraction of sp³-hybridized carbons (Fsp3) is 0.286. The van der Waals surface area contributed by atoms with Gasteiger partial charge < -0.3 is 15.4 Å². The molecule has 192 valence electrons. The molecule has 0 aliphatic heterocycles. The van der Waals surface area contributed by atoms with E-state index in [4.69, 9.17) is 4.74 Å². The summed E-state index contributed by atoms with van der Waals surface area (Å²) in [7, 11) is 0. The second kappa shape index (κ2) is 12.6. The number of aromatic nitrogens is 4. The van der Waals surface area contributed by atoms with Crippen LogP contribution in [0.3, 0.4) is 0 Å². The zero-order valence-corrected chi connectivity index (χ0v) is 21.1. The van der Waals surface area contributed by atoms with Crippen molar-refractivity contribution in [3.63, 3.8) is 0 Å². The summed E-state index contributed by atoms with van der Waals surface area (Å²) >= 11 is 0. The highest BCUT2D eigenvalue weighted by Crippen LogP contribution is 2.39. The Morgan fingerprint density at radius 3 is 2.43 bits per heavy atom. The fourth-order valence-corrected chi connectivity index (χ4v) is 4.11. The van der Waals surface area contributed by atoms with E-state index in [9.17, 15) is 9.18 Å². The lowest BCUT2D eigenvalue weighted by Crippen LogP contribution is -2.21. The van der Waals surface area contributed by atoms with Crippen LogP contribution in [0.2, 0.25) is 0 Å². The lowest BCUT2D eigenvalue weighted by atomic mass is 9.94. The van der Waals surface area contributed by atoms with Gasteiger partial charge in [-0.2, -0.15) is 5.21 Å². The number of ether oxygens (including phenoxy) is 1. The van der Waals surface area contributed by atoms with Gasteiger partial charge >= 0.3 is 6.03 Å². The Labute approximate surface area is 215 Å². The standard InChI is InChI=1S/C28H31FN6O2/c1-3-5-6-11-19-17-20(21-12-7-8-13-22(21)27-32-34-35-33-27)18-25(26(19)37-16-4-2)31-28(36)30-24-15-10-9-14-23(24)29/h7-10,12-15,17-18H,3-6,11,16H2,1-2H3,(H2,30,31,36)(H,32,33,34,35). The number of carbonyl (C=O) groups excluding carboxylic acids is 1. The number of halogens is 1. The quantitative estimate of drug-likeness (QED) is 0.195. The number of amides is 2. The molecule has 3 N–H and O–H groups in total. The second-order valence-electron chi connectivity index (χ2n) is 8.66. The number of hydrogen-bond acceptors (Lipinski definition) is 5. The van der Waals surface area contributed by atoms with Crippen LogP contribution < -0.4 is 15.4 Å². The van der Waals surface area contributed by atoms with E-state index in [2.05, 4.69) is 44.2 Å². The van der Waals surface area contributed by atoms with Crippen LogP contribution in [0.25, 0.3) is 22.5 Å². The number of carbonyl (C=O) groups is 1. The number of nitrogens with one attached hydrogen (secondary N) is 3. The minimum Gasteiger partial charge on any atom is -0.491 e. The SMILES string of the molecule is CCCCCc1cc(-c2ccccc2-c2nn[nH]n2)cc(NC(=O)Nc2ccccc2F)c1OCCC. The molecule has 0 unspecified atom stereocenters. The van der Waals surface area contributed by atoms with Crippen LogP contribution in [0.1, 0.15) is 45.1 Å². The van der Waals surface area contributed by atoms with Crippen molar-refractivity contribution < 1.29 is 13.9 Å². The van der Waals surface area contributed by atoms with Crippen LogP contribution >= 0.6 is 0 Å². The molecule has 0 spiro atoms. The Hall–Kier alpha value is -4.27. The number of nitrogens with zero attached hydrogens (tertiary/aromatic N) is 3. The molecule has 0 aliphatic carbocycles. The monoisotopic (exact) mass is 502 g/mol. The van der Waals surface area contributed by atoms with Crippen molar-refractivity contribution in [3.05, 3.63) is 72.0 Å². The van der Waals surface area contributed by atoms with Crippen LogP contribution in [0, 0.1) is 5.82 Å². The van der Waals surface area contributed by atoms with Gasteiger partial charge in [0.05, 0.1) is 18.0 Å². The topological polar surface area (TPSA) is 105 Å². The third kappa shape index (κ3) is 6.49. The normalized spacial score (nSPS) is 10.8. The molecular formula is C28H31FN6O2. The molecule has 2 amide bonds. The number of aryl methyl sites for hydroxylation is 1. The van der Waals surface area contributed by atoms with Gasteiger partial charge in [0, 0.05) is 5.56 Å². The van der Waals surface area contributed by atoms with Gasteiger partial charge in [0.1, 0.15) is 11.6 Å². The van der Waals surface area contributed by atoms with Crippen LogP contribution in [0.4, 0.5) is 20.6 Å². The highest BCUT2D eigenvalue weighted by atomic mass is 19.1. The molecule has 0 fully saturated rings. The van der Waals surface area contributed by atoms with E-state index >= 15 is 0 Å². The lowest BCUT2D eigenvalue weighted by Gasteiger charge is -2.19. The van der Waals surface area contributed by atoms with Crippen molar-refractivity contribution in [1.82, 2.24) is 20.6 Å². The molecule has 0 atom stereocenters. The number of unbranched alkanes of at least 4 members (excludes halogenated alkanes) is 2. The highest BCUT2D eigenvalue weighted by molar-refractivity contribution is 6.01. The van der Waals surface area contributed by atoms with Crippen LogP contribution in [0.5, 0.6) is 5.75 Å². The molecule has 0 saturated heterocycles. The van der Waals surface area contributed by atoms with Crippen LogP contribution in [0.15, 0.2) is 60.7 Å². The summed E-state index contributed by atoms with van der Waals surface area (Å²) in [6.07, 6.45) is 4.75. The number of benzene rings is 3. The van der Waals surface area contributed by atoms with Gasteiger partial charge in [0.25, 0.3) is 0 Å². The third-order valence-corrected chi connectivity index (χ3v) is 5.86. The highest BCUT2D eigenvalue weighted by Gasteiger charge is 2.19. The average Bonchev–Trinajstić information content (AvgIpc) is 3.44. The van der Waals surface area contributed by atoms with Crippen molar-refractivity contribution in [2.75, 3.05) is 17.2 Å². The van der Waals surface area contributed by atoms with Gasteiger partial charge in [-0.1, -0.05) is 63.1 Å². The van der Waals surface area contributed by atoms with Crippen molar-refractivity contribution in [2.24, 2.45) is 0 Å². The first kappa shape index (κ1) is 25.8. The summed E-state index contributed by atoms with van der Waals surface area (Å²) in [6, 6.07) is 17.2. The van der Waals surface area contributed by atoms with E-state index < -0.39 is 11.8 Å². The number of para-hydroxylation sites is 1. The first-order valence-corrected chi connectivity index (χ1v) is 12.6. The van der Waals surface area contributed by atoms with Gasteiger partial charge in [-0.05, 0) is 65.4 Å². The molecule has 4 rings (SSSR count). The number of rotatable bonds is 11. The molecule has 0 bridgehead atoms. The molecule has 9 heteroatoms. The molecule has 37 heavy (non-hydrogen) atoms. The molecule has 8 nitrogen and oxygen atoms in total. The Morgan fingerprint density at radius 2 is 1.70 bits per heavy atom. The van der Waals surface area contributed by atoms with Crippen molar-refractivity contribution >= 4 is 17.4 Å². The molecule has 1 heterocycles. The second-order valence-corrected chi connectivity index (χ2v) is 8.66. The minimum atomic E-state index is -0.561. The zero-order valence-electron chi connectivity index (χ0n) is 21.1. The van der Waals surface area contributed by atoms with E-state index in [0.717, 1.165) is 54.4 Å². The Kier molecular flexibility index (Phi) is 8.80. The smallest absolute Gasteiger partial charge is 0.323 e. The summed E-state index contributed by atoms with van der Waals surface area (Å²) in [4.78, 5) is 13.0. The molecule has 0 aliphatic rings. The third-order valence-electron chi connectivity index (χ3n) is 5.86. The van der Waals surface area contributed by atoms with E-state index in [1.807, 2.05) is 37.3 Å². The molecule has 3 aromatic carbocycles. The van der Waals surface area contributed by atoms with Crippen molar-refractivity contribution in [2.45, 2.75) is 46.0 Å². The number of urea groups is 1. The maximum Gasteiger partial charge on any atom is 0.323 e. The number of tetrazole rings is 1. The van der Waals surface area contributed by atoms with Gasteiger partial charge in [-0.25, -0.2) is 9.18 Å². The summed E-state index contributed by atoms with van der Waals surface area (Å²) in [5.41, 5.74) is 4.16. The van der Waals surface area contributed by atoms with Crippen molar-refractivity contribution in [1.29, 1.82) is 0 Å². The van der Waals surface area contributed by atoms with Crippen LogP contribution in [-0.2, 0) is 6.42 Å².